The first kappa shape index (κ1) is 30.6. The van der Waals surface area contributed by atoms with Crippen LogP contribution in [-0.4, -0.2) is 0 Å². The van der Waals surface area contributed by atoms with Crippen LogP contribution in [0.1, 0.15) is 66.8 Å². The summed E-state index contributed by atoms with van der Waals surface area (Å²) in [4.78, 5) is 2.53. The van der Waals surface area contributed by atoms with Crippen LogP contribution >= 0.6 is 0 Å². The van der Waals surface area contributed by atoms with Crippen molar-refractivity contribution < 1.29 is 0 Å². The molecule has 6 aliphatic carbocycles. The van der Waals surface area contributed by atoms with Crippen LogP contribution in [0.4, 0.5) is 17.1 Å². The van der Waals surface area contributed by atoms with E-state index < -0.39 is 0 Å². The lowest BCUT2D eigenvalue weighted by molar-refractivity contribution is -0.0399. The average molecular weight is 706 g/mol. The molecule has 0 saturated heterocycles. The third-order valence-corrected chi connectivity index (χ3v) is 15.4. The second-order valence-corrected chi connectivity index (χ2v) is 17.8. The molecule has 264 valence electrons. The molecule has 1 spiro atoms. The Kier molecular flexibility index (Phi) is 5.99. The molecule has 7 aromatic carbocycles. The zero-order chi connectivity index (χ0) is 36.0. The second-order valence-electron chi connectivity index (χ2n) is 17.8. The van der Waals surface area contributed by atoms with E-state index in [9.17, 15) is 0 Å². The summed E-state index contributed by atoms with van der Waals surface area (Å²) in [7, 11) is 0. The fourth-order valence-corrected chi connectivity index (χ4v) is 13.5. The lowest BCUT2D eigenvalue weighted by Gasteiger charge is -2.61. The van der Waals surface area contributed by atoms with Crippen LogP contribution in [0.2, 0.25) is 0 Å². The molecule has 4 fully saturated rings. The predicted octanol–water partition coefficient (Wildman–Crippen LogP) is 13.9. The third kappa shape index (κ3) is 3.84. The summed E-state index contributed by atoms with van der Waals surface area (Å²) >= 11 is 0. The molecule has 14 rings (SSSR count). The number of nitrogens with zero attached hydrogens (tertiary/aromatic N) is 1. The number of rotatable bonds is 3. The van der Waals surface area contributed by atoms with Crippen LogP contribution in [0.5, 0.6) is 0 Å². The van der Waals surface area contributed by atoms with E-state index in [-0.39, 0.29) is 10.8 Å². The van der Waals surface area contributed by atoms with E-state index in [1.165, 1.54) is 110 Å². The molecular formula is C54H43N. The Bertz CT molecular complexity index is 2710. The summed E-state index contributed by atoms with van der Waals surface area (Å²) in [6.07, 6.45) is 7.18. The van der Waals surface area contributed by atoms with Gasteiger partial charge in [0, 0.05) is 16.5 Å². The summed E-state index contributed by atoms with van der Waals surface area (Å²) in [5.41, 5.74) is 21.9. The van der Waals surface area contributed by atoms with Gasteiger partial charge < -0.3 is 4.90 Å². The fourth-order valence-electron chi connectivity index (χ4n) is 13.5. The molecule has 55 heavy (non-hydrogen) atoms. The minimum atomic E-state index is -0.237. The van der Waals surface area contributed by atoms with E-state index >= 15 is 0 Å². The minimum absolute atomic E-state index is 0.214. The maximum absolute atomic E-state index is 2.55. The number of hydrogen-bond acceptors (Lipinski definition) is 1. The summed E-state index contributed by atoms with van der Waals surface area (Å²) in [5.74, 6) is 3.50. The largest absolute Gasteiger partial charge is 0.310 e. The highest BCUT2D eigenvalue weighted by Gasteiger charge is 2.61. The van der Waals surface area contributed by atoms with E-state index in [0.717, 1.165) is 23.7 Å². The van der Waals surface area contributed by atoms with Gasteiger partial charge in [0.15, 0.2) is 0 Å². The van der Waals surface area contributed by atoms with Gasteiger partial charge in [0.2, 0.25) is 0 Å². The molecule has 1 heteroatoms. The Morgan fingerprint density at radius 2 is 0.982 bits per heavy atom. The van der Waals surface area contributed by atoms with Gasteiger partial charge in [0.1, 0.15) is 0 Å². The molecule has 0 radical (unpaired) electrons. The number of anilines is 3. The molecule has 1 nitrogen and oxygen atoms in total. The van der Waals surface area contributed by atoms with Gasteiger partial charge in [-0.3, -0.25) is 0 Å². The van der Waals surface area contributed by atoms with Gasteiger partial charge in [-0.05, 0) is 165 Å². The molecular weight excluding hydrogens is 663 g/mol. The summed E-state index contributed by atoms with van der Waals surface area (Å²) in [5, 5.41) is 0. The Hall–Kier alpha value is -5.66. The van der Waals surface area contributed by atoms with Crippen LogP contribution in [0.25, 0.3) is 44.5 Å². The molecule has 1 aliphatic heterocycles. The van der Waals surface area contributed by atoms with Crippen molar-refractivity contribution in [3.63, 3.8) is 0 Å². The molecule has 1 heterocycles. The highest BCUT2D eigenvalue weighted by Crippen LogP contribution is 2.69. The monoisotopic (exact) mass is 705 g/mol. The standard InChI is InChI=1S/C54H43N/c1-53-46-15-7-5-12-42(46)44-14-9-17-50(52(44)53)55(51-32-38(21-25-49(51)53)35-10-3-2-4-11-35)41-22-18-36(19-23-41)37-20-24-48-45(31-37)43-13-6-8-16-47(43)54(48)39-27-33-26-34(29-39)30-40(54)28-33/h2-25,31-34,39-40H,26-30H2,1H3. The Morgan fingerprint density at radius 1 is 0.418 bits per heavy atom. The van der Waals surface area contributed by atoms with Crippen molar-refractivity contribution in [1.82, 2.24) is 0 Å². The normalized spacial score (nSPS) is 26.7. The van der Waals surface area contributed by atoms with Crippen LogP contribution in [-0.2, 0) is 10.8 Å². The van der Waals surface area contributed by atoms with Gasteiger partial charge in [-0.15, -0.1) is 0 Å². The third-order valence-electron chi connectivity index (χ3n) is 15.4. The van der Waals surface area contributed by atoms with Crippen molar-refractivity contribution in [2.45, 2.75) is 49.9 Å². The van der Waals surface area contributed by atoms with E-state index in [1.54, 1.807) is 11.1 Å². The van der Waals surface area contributed by atoms with Gasteiger partial charge in [0.25, 0.3) is 0 Å². The molecule has 7 aromatic rings. The first-order valence-electron chi connectivity index (χ1n) is 20.7. The lowest BCUT2D eigenvalue weighted by Crippen LogP contribution is -2.55. The highest BCUT2D eigenvalue weighted by molar-refractivity contribution is 5.98. The number of hydrogen-bond donors (Lipinski definition) is 0. The van der Waals surface area contributed by atoms with Gasteiger partial charge in [-0.25, -0.2) is 0 Å². The Balaban J connectivity index is 0.945. The zero-order valence-electron chi connectivity index (χ0n) is 31.3. The van der Waals surface area contributed by atoms with Gasteiger partial charge in [-0.2, -0.15) is 0 Å². The van der Waals surface area contributed by atoms with Crippen molar-refractivity contribution in [3.05, 3.63) is 186 Å². The molecule has 0 amide bonds. The summed E-state index contributed by atoms with van der Waals surface area (Å²) < 4.78 is 0. The summed E-state index contributed by atoms with van der Waals surface area (Å²) in [6.45, 7) is 2.45. The van der Waals surface area contributed by atoms with E-state index in [1.807, 2.05) is 0 Å². The molecule has 7 aliphatic rings. The molecule has 1 atom stereocenters. The van der Waals surface area contributed by atoms with E-state index in [0.29, 0.717) is 0 Å². The second kappa shape index (κ2) is 10.8. The minimum Gasteiger partial charge on any atom is -0.310 e. The predicted molar refractivity (Wildman–Crippen MR) is 226 cm³/mol. The molecule has 0 aromatic heterocycles. The lowest BCUT2D eigenvalue weighted by atomic mass is 9.43. The van der Waals surface area contributed by atoms with Crippen LogP contribution < -0.4 is 4.90 Å². The van der Waals surface area contributed by atoms with Crippen molar-refractivity contribution in [2.24, 2.45) is 23.7 Å². The van der Waals surface area contributed by atoms with E-state index in [4.69, 9.17) is 0 Å². The molecule has 1 unspecified atom stereocenters. The average Bonchev–Trinajstić information content (AvgIpc) is 3.68. The SMILES string of the molecule is CC12c3ccccc3-c3cccc(c31)N(c1ccc(-c3ccc4c(c3)-c3ccccc3C43C4CC5CC(C4)CC3C5)cc1)c1cc(-c3ccccc3)ccc12. The fraction of sp³-hybridized carbons (Fsp3) is 0.222. The Morgan fingerprint density at radius 3 is 1.73 bits per heavy atom. The van der Waals surface area contributed by atoms with Crippen molar-refractivity contribution in [1.29, 1.82) is 0 Å². The molecule has 4 bridgehead atoms. The van der Waals surface area contributed by atoms with Crippen LogP contribution in [0.15, 0.2) is 158 Å². The topological polar surface area (TPSA) is 3.24 Å². The van der Waals surface area contributed by atoms with Crippen LogP contribution in [0, 0.1) is 23.7 Å². The van der Waals surface area contributed by atoms with Crippen molar-refractivity contribution in [2.75, 3.05) is 4.90 Å². The number of fused-ring (bicyclic) bond motifs is 8. The first-order chi connectivity index (χ1) is 27.1. The first-order valence-corrected chi connectivity index (χ1v) is 20.7. The number of benzene rings is 7. The zero-order valence-corrected chi connectivity index (χ0v) is 31.3. The molecule has 4 saturated carbocycles. The molecule has 0 N–H and O–H groups in total. The van der Waals surface area contributed by atoms with Crippen molar-refractivity contribution in [3.8, 4) is 44.5 Å². The maximum Gasteiger partial charge on any atom is 0.0512 e. The van der Waals surface area contributed by atoms with Crippen molar-refractivity contribution >= 4 is 17.1 Å². The maximum atomic E-state index is 2.55. The summed E-state index contributed by atoms with van der Waals surface area (Å²) in [6, 6.07) is 60.4. The Labute approximate surface area is 324 Å². The van der Waals surface area contributed by atoms with Crippen LogP contribution in [0.3, 0.4) is 0 Å². The highest BCUT2D eigenvalue weighted by atomic mass is 15.2. The van der Waals surface area contributed by atoms with Gasteiger partial charge >= 0.3 is 0 Å². The van der Waals surface area contributed by atoms with Gasteiger partial charge in [-0.1, -0.05) is 127 Å². The van der Waals surface area contributed by atoms with E-state index in [2.05, 4.69) is 170 Å². The quantitative estimate of drug-likeness (QED) is 0.177. The van der Waals surface area contributed by atoms with Gasteiger partial charge in [0.05, 0.1) is 11.4 Å². The smallest absolute Gasteiger partial charge is 0.0512 e.